The average molecular weight is 113 g/mol. The van der Waals surface area contributed by atoms with Crippen molar-refractivity contribution in [3.63, 3.8) is 0 Å². The highest BCUT2D eigenvalue weighted by atomic mass is 14.9. The minimum absolute atomic E-state index is 0.272. The van der Waals surface area contributed by atoms with Crippen molar-refractivity contribution in [2.75, 3.05) is 0 Å². The Bertz CT molecular complexity index is 63.4. The third kappa shape index (κ3) is 6.02. The van der Waals surface area contributed by atoms with E-state index in [2.05, 4.69) is 39.6 Å². The van der Waals surface area contributed by atoms with Crippen LogP contribution in [0.1, 0.15) is 20.8 Å². The second-order valence-electron chi connectivity index (χ2n) is 3.55. The molecule has 0 saturated heterocycles. The summed E-state index contributed by atoms with van der Waals surface area (Å²) < 4.78 is 0. The highest BCUT2D eigenvalue weighted by molar-refractivity contribution is 6.53. The molecule has 0 bridgehead atoms. The maximum Gasteiger partial charge on any atom is 0.214 e. The molecule has 0 radical (unpaired) electrons. The van der Waals surface area contributed by atoms with E-state index in [1.54, 1.807) is 0 Å². The van der Waals surface area contributed by atoms with Gasteiger partial charge < -0.3 is 5.23 Å². The molecule has 0 amide bonds. The van der Waals surface area contributed by atoms with Crippen molar-refractivity contribution in [3.8, 4) is 0 Å². The highest BCUT2D eigenvalue weighted by Crippen LogP contribution is 1.98. The van der Waals surface area contributed by atoms with Crippen LogP contribution in [0.4, 0.5) is 0 Å². The van der Waals surface area contributed by atoms with Crippen LogP contribution in [-0.4, -0.2) is 12.4 Å². The molecule has 1 nitrogen and oxygen atoms in total. The first-order chi connectivity index (χ1) is 3.42. The lowest BCUT2D eigenvalue weighted by molar-refractivity contribution is 0.519. The Morgan fingerprint density at radius 1 is 1.12 bits per heavy atom. The van der Waals surface area contributed by atoms with Crippen LogP contribution in [0.25, 0.3) is 0 Å². The average Bonchev–Trinajstić information content (AvgIpc) is 1.21. The predicted octanol–water partition coefficient (Wildman–Crippen LogP) is 1.63. The summed E-state index contributed by atoms with van der Waals surface area (Å²) in [5, 5.41) is 3.38. The molecule has 0 fully saturated rings. The van der Waals surface area contributed by atoms with Crippen LogP contribution < -0.4 is 5.23 Å². The topological polar surface area (TPSA) is 12.0 Å². The van der Waals surface area contributed by atoms with Gasteiger partial charge in [-0.15, -0.1) is 0 Å². The Balaban J connectivity index is 3.39. The standard InChI is InChI=1S/C6H16BN/c1-6(2,3)8-7(4)5/h8H,1-5H3. The van der Waals surface area contributed by atoms with E-state index in [0.29, 0.717) is 6.85 Å². The van der Waals surface area contributed by atoms with Crippen molar-refractivity contribution in [3.05, 3.63) is 0 Å². The molecule has 48 valence electrons. The predicted molar refractivity (Wildman–Crippen MR) is 40.4 cm³/mol. The molecule has 0 spiro atoms. The maximum atomic E-state index is 3.38. The molecule has 0 aromatic rings. The third-order valence-corrected chi connectivity index (χ3v) is 0.722. The summed E-state index contributed by atoms with van der Waals surface area (Å²) in [6, 6.07) is 0. The second kappa shape index (κ2) is 2.54. The monoisotopic (exact) mass is 113 g/mol. The van der Waals surface area contributed by atoms with Gasteiger partial charge in [0.2, 0.25) is 6.85 Å². The smallest absolute Gasteiger partial charge is 0.214 e. The molecule has 0 saturated carbocycles. The van der Waals surface area contributed by atoms with E-state index >= 15 is 0 Å². The van der Waals surface area contributed by atoms with Gasteiger partial charge in [0, 0.05) is 0 Å². The molecular weight excluding hydrogens is 96.9 g/mol. The Kier molecular flexibility index (Phi) is 2.55. The summed E-state index contributed by atoms with van der Waals surface area (Å²) in [4.78, 5) is 0. The number of hydrogen-bond acceptors (Lipinski definition) is 1. The van der Waals surface area contributed by atoms with E-state index in [1.165, 1.54) is 0 Å². The number of rotatable bonds is 1. The second-order valence-corrected chi connectivity index (χ2v) is 3.55. The molecule has 0 heterocycles. The Labute approximate surface area is 53.0 Å². The van der Waals surface area contributed by atoms with Gasteiger partial charge in [-0.2, -0.15) is 0 Å². The minimum atomic E-state index is 0.272. The quantitative estimate of drug-likeness (QED) is 0.509. The first-order valence-electron chi connectivity index (χ1n) is 3.19. The largest absolute Gasteiger partial charge is 0.352 e. The minimum Gasteiger partial charge on any atom is -0.352 e. The molecule has 2 heteroatoms. The molecule has 0 aliphatic heterocycles. The molecule has 0 atom stereocenters. The summed E-state index contributed by atoms with van der Waals surface area (Å²) in [6.45, 7) is 11.4. The summed E-state index contributed by atoms with van der Waals surface area (Å²) >= 11 is 0. The van der Waals surface area contributed by atoms with E-state index in [1.807, 2.05) is 0 Å². The van der Waals surface area contributed by atoms with Crippen molar-refractivity contribution >= 4 is 6.85 Å². The number of nitrogens with one attached hydrogen (secondary N) is 1. The molecule has 0 aromatic carbocycles. The van der Waals surface area contributed by atoms with Crippen LogP contribution in [0, 0.1) is 0 Å². The van der Waals surface area contributed by atoms with Crippen LogP contribution in [0.3, 0.4) is 0 Å². The van der Waals surface area contributed by atoms with Crippen LogP contribution >= 0.6 is 0 Å². The fraction of sp³-hybridized carbons (Fsp3) is 1.00. The lowest BCUT2D eigenvalue weighted by atomic mass is 9.67. The Morgan fingerprint density at radius 2 is 1.50 bits per heavy atom. The first-order valence-corrected chi connectivity index (χ1v) is 3.19. The van der Waals surface area contributed by atoms with E-state index in [4.69, 9.17) is 0 Å². The van der Waals surface area contributed by atoms with Gasteiger partial charge in [-0.25, -0.2) is 0 Å². The van der Waals surface area contributed by atoms with Crippen molar-refractivity contribution in [2.45, 2.75) is 40.0 Å². The number of hydrogen-bond donors (Lipinski definition) is 1. The zero-order valence-corrected chi connectivity index (χ0v) is 6.58. The molecule has 0 aliphatic carbocycles. The van der Waals surface area contributed by atoms with Gasteiger partial charge in [0.1, 0.15) is 0 Å². The zero-order chi connectivity index (χ0) is 6.78. The lowest BCUT2D eigenvalue weighted by Gasteiger charge is -2.22. The fourth-order valence-corrected chi connectivity index (χ4v) is 0.866. The van der Waals surface area contributed by atoms with Crippen molar-refractivity contribution in [2.24, 2.45) is 0 Å². The Morgan fingerprint density at radius 3 is 1.50 bits per heavy atom. The van der Waals surface area contributed by atoms with Gasteiger partial charge >= 0.3 is 0 Å². The first kappa shape index (κ1) is 8.02. The van der Waals surface area contributed by atoms with Gasteiger partial charge in [-0.3, -0.25) is 0 Å². The van der Waals surface area contributed by atoms with E-state index in [0.717, 1.165) is 0 Å². The van der Waals surface area contributed by atoms with Crippen molar-refractivity contribution in [1.82, 2.24) is 5.23 Å². The van der Waals surface area contributed by atoms with Crippen LogP contribution in [0.5, 0.6) is 0 Å². The molecule has 0 rings (SSSR count). The molecule has 8 heavy (non-hydrogen) atoms. The van der Waals surface area contributed by atoms with Gasteiger partial charge in [-0.1, -0.05) is 13.6 Å². The molecular formula is C6H16BN. The molecule has 1 N–H and O–H groups in total. The van der Waals surface area contributed by atoms with Crippen molar-refractivity contribution in [1.29, 1.82) is 0 Å². The van der Waals surface area contributed by atoms with Crippen LogP contribution in [0.15, 0.2) is 0 Å². The van der Waals surface area contributed by atoms with E-state index in [9.17, 15) is 0 Å². The van der Waals surface area contributed by atoms with Gasteiger partial charge in [-0.05, 0) is 26.3 Å². The van der Waals surface area contributed by atoms with Gasteiger partial charge in [0.15, 0.2) is 0 Å². The summed E-state index contributed by atoms with van der Waals surface area (Å²) in [5.74, 6) is 0. The van der Waals surface area contributed by atoms with Crippen molar-refractivity contribution < 1.29 is 0 Å². The van der Waals surface area contributed by atoms with E-state index < -0.39 is 0 Å². The van der Waals surface area contributed by atoms with Crippen LogP contribution in [-0.2, 0) is 0 Å². The molecule has 0 aromatic heterocycles. The maximum absolute atomic E-state index is 3.38. The summed E-state index contributed by atoms with van der Waals surface area (Å²) in [7, 11) is 0. The van der Waals surface area contributed by atoms with Gasteiger partial charge in [0.05, 0.1) is 0 Å². The summed E-state index contributed by atoms with van der Waals surface area (Å²) in [6.07, 6.45) is 0. The SMILES string of the molecule is CB(C)NC(C)(C)C. The highest BCUT2D eigenvalue weighted by Gasteiger charge is 2.10. The summed E-state index contributed by atoms with van der Waals surface area (Å²) in [5.41, 5.74) is 0.272. The Hall–Kier alpha value is 0.0249. The normalized spacial score (nSPS) is 11.6. The molecule has 0 aliphatic rings. The third-order valence-electron chi connectivity index (χ3n) is 0.722. The fourth-order valence-electron chi connectivity index (χ4n) is 0.866. The van der Waals surface area contributed by atoms with Crippen LogP contribution in [0.2, 0.25) is 13.6 Å². The van der Waals surface area contributed by atoms with Gasteiger partial charge in [0.25, 0.3) is 0 Å². The zero-order valence-electron chi connectivity index (χ0n) is 6.58. The van der Waals surface area contributed by atoms with E-state index in [-0.39, 0.29) is 5.54 Å². The lowest BCUT2D eigenvalue weighted by Crippen LogP contribution is -2.43. The molecule has 0 unspecified atom stereocenters.